The fourth-order valence-corrected chi connectivity index (χ4v) is 2.30. The Morgan fingerprint density at radius 3 is 2.47 bits per heavy atom. The molecule has 2 N–H and O–H groups in total. The molecule has 1 amide bonds. The Kier molecular flexibility index (Phi) is 5.89. The summed E-state index contributed by atoms with van der Waals surface area (Å²) in [6.07, 6.45) is 0. The Morgan fingerprint density at radius 1 is 1.26 bits per heavy atom. The van der Waals surface area contributed by atoms with Gasteiger partial charge in [-0.1, -0.05) is 32.9 Å². The number of carboxylic acid groups (broad SMARTS) is 1. The van der Waals surface area contributed by atoms with E-state index in [1.807, 2.05) is 31.2 Å². The Hall–Kier alpha value is -1.49. The minimum Gasteiger partial charge on any atom is -0.481 e. The predicted octanol–water partition coefficient (Wildman–Crippen LogP) is 3.09. The summed E-state index contributed by atoms with van der Waals surface area (Å²) in [4.78, 5) is 23.9. The molecule has 4 nitrogen and oxygen atoms in total. The number of hydrogen-bond acceptors (Lipinski definition) is 3. The number of anilines is 1. The van der Waals surface area contributed by atoms with E-state index in [1.54, 1.807) is 25.6 Å². The van der Waals surface area contributed by atoms with Crippen LogP contribution < -0.4 is 5.32 Å². The summed E-state index contributed by atoms with van der Waals surface area (Å²) in [5.41, 5.74) is 0.740. The molecule has 0 aromatic heterocycles. The van der Waals surface area contributed by atoms with Gasteiger partial charge in [0.2, 0.25) is 5.91 Å². The summed E-state index contributed by atoms with van der Waals surface area (Å²) in [6, 6.07) is 7.53. The van der Waals surface area contributed by atoms with E-state index in [0.717, 1.165) is 16.3 Å². The molecule has 0 bridgehead atoms. The van der Waals surface area contributed by atoms with Gasteiger partial charge in [-0.15, -0.1) is 11.8 Å². The minimum atomic E-state index is -0.959. The average Bonchev–Trinajstić information content (AvgIpc) is 2.39. The standard InChI is InChI=1S/C14H19NO3S/c1-4-19-12-8-6-5-7-11(12)15-13(16)9(2)10(3)14(17)18/h5-10H,4H2,1-3H3,(H,15,16)(H,17,18). The number of thioether (sulfide) groups is 1. The lowest BCUT2D eigenvalue weighted by atomic mass is 9.95. The van der Waals surface area contributed by atoms with Crippen LogP contribution in [0.25, 0.3) is 0 Å². The SMILES string of the molecule is CCSc1ccccc1NC(=O)C(C)C(C)C(=O)O. The molecule has 0 saturated heterocycles. The monoisotopic (exact) mass is 281 g/mol. The van der Waals surface area contributed by atoms with E-state index in [0.29, 0.717) is 0 Å². The second-order valence-electron chi connectivity index (χ2n) is 4.33. The van der Waals surface area contributed by atoms with Crippen molar-refractivity contribution in [2.24, 2.45) is 11.8 Å². The lowest BCUT2D eigenvalue weighted by molar-refractivity contribution is -0.145. The third kappa shape index (κ3) is 4.28. The first-order valence-corrected chi connectivity index (χ1v) is 7.21. The molecular formula is C14H19NO3S. The molecule has 0 aliphatic heterocycles. The van der Waals surface area contributed by atoms with Crippen molar-refractivity contribution in [1.82, 2.24) is 0 Å². The number of para-hydroxylation sites is 1. The zero-order valence-corrected chi connectivity index (χ0v) is 12.2. The van der Waals surface area contributed by atoms with Crippen molar-refractivity contribution in [3.05, 3.63) is 24.3 Å². The molecule has 1 aromatic rings. The number of hydrogen-bond donors (Lipinski definition) is 2. The van der Waals surface area contributed by atoms with Crippen molar-refractivity contribution in [1.29, 1.82) is 0 Å². The maximum Gasteiger partial charge on any atom is 0.307 e. The highest BCUT2D eigenvalue weighted by Crippen LogP contribution is 2.27. The van der Waals surface area contributed by atoms with Gasteiger partial charge < -0.3 is 10.4 Å². The number of carbonyl (C=O) groups excluding carboxylic acids is 1. The van der Waals surface area contributed by atoms with E-state index in [-0.39, 0.29) is 5.91 Å². The summed E-state index contributed by atoms with van der Waals surface area (Å²) >= 11 is 1.64. The normalized spacial score (nSPS) is 13.6. The number of amides is 1. The van der Waals surface area contributed by atoms with Crippen LogP contribution in [0.5, 0.6) is 0 Å². The lowest BCUT2D eigenvalue weighted by Crippen LogP contribution is -2.30. The first-order chi connectivity index (χ1) is 8.97. The molecule has 104 valence electrons. The molecule has 0 aliphatic carbocycles. The zero-order chi connectivity index (χ0) is 14.4. The fraction of sp³-hybridized carbons (Fsp3) is 0.429. The van der Waals surface area contributed by atoms with E-state index in [1.165, 1.54) is 0 Å². The van der Waals surface area contributed by atoms with E-state index >= 15 is 0 Å². The molecule has 1 rings (SSSR count). The molecule has 19 heavy (non-hydrogen) atoms. The largest absolute Gasteiger partial charge is 0.481 e. The number of rotatable bonds is 6. The molecule has 0 saturated carbocycles. The zero-order valence-electron chi connectivity index (χ0n) is 11.3. The van der Waals surface area contributed by atoms with Gasteiger partial charge in [-0.25, -0.2) is 0 Å². The summed E-state index contributed by atoms with van der Waals surface area (Å²) in [5.74, 6) is -1.59. The molecule has 5 heteroatoms. The van der Waals surface area contributed by atoms with Crippen LogP contribution in [0, 0.1) is 11.8 Å². The number of nitrogens with one attached hydrogen (secondary N) is 1. The predicted molar refractivity (Wildman–Crippen MR) is 77.4 cm³/mol. The highest BCUT2D eigenvalue weighted by atomic mass is 32.2. The minimum absolute atomic E-state index is 0.265. The first-order valence-electron chi connectivity index (χ1n) is 6.22. The molecule has 2 unspecified atom stereocenters. The Morgan fingerprint density at radius 2 is 1.89 bits per heavy atom. The van der Waals surface area contributed by atoms with Crippen LogP contribution in [-0.2, 0) is 9.59 Å². The Bertz CT molecular complexity index is 462. The number of aliphatic carboxylic acids is 1. The van der Waals surface area contributed by atoms with Crippen LogP contribution in [0.15, 0.2) is 29.2 Å². The van der Waals surface area contributed by atoms with Crippen LogP contribution in [0.3, 0.4) is 0 Å². The van der Waals surface area contributed by atoms with E-state index < -0.39 is 17.8 Å². The van der Waals surface area contributed by atoms with Crippen molar-refractivity contribution in [2.45, 2.75) is 25.7 Å². The number of carboxylic acids is 1. The van der Waals surface area contributed by atoms with Crippen molar-refractivity contribution < 1.29 is 14.7 Å². The van der Waals surface area contributed by atoms with Gasteiger partial charge in [0.15, 0.2) is 0 Å². The van der Waals surface area contributed by atoms with Crippen molar-refractivity contribution in [3.63, 3.8) is 0 Å². The topological polar surface area (TPSA) is 66.4 Å². The highest BCUT2D eigenvalue weighted by molar-refractivity contribution is 7.99. The molecule has 1 aromatic carbocycles. The molecule has 0 fully saturated rings. The van der Waals surface area contributed by atoms with Gasteiger partial charge in [0.05, 0.1) is 11.6 Å². The lowest BCUT2D eigenvalue weighted by Gasteiger charge is -2.17. The molecule has 0 radical (unpaired) electrons. The van der Waals surface area contributed by atoms with Gasteiger partial charge in [0.25, 0.3) is 0 Å². The first kappa shape index (κ1) is 15.6. The smallest absolute Gasteiger partial charge is 0.307 e. The van der Waals surface area contributed by atoms with Crippen LogP contribution >= 0.6 is 11.8 Å². The number of benzene rings is 1. The van der Waals surface area contributed by atoms with Gasteiger partial charge in [-0.2, -0.15) is 0 Å². The Labute approximate surface area is 117 Å². The summed E-state index contributed by atoms with van der Waals surface area (Å²) in [6.45, 7) is 5.21. The summed E-state index contributed by atoms with van der Waals surface area (Å²) in [5, 5.41) is 11.7. The number of carbonyl (C=O) groups is 2. The van der Waals surface area contributed by atoms with Gasteiger partial charge >= 0.3 is 5.97 Å². The van der Waals surface area contributed by atoms with Crippen LogP contribution in [0.1, 0.15) is 20.8 Å². The van der Waals surface area contributed by atoms with Crippen molar-refractivity contribution in [2.75, 3.05) is 11.1 Å². The average molecular weight is 281 g/mol. The van der Waals surface area contributed by atoms with E-state index in [9.17, 15) is 9.59 Å². The quantitative estimate of drug-likeness (QED) is 0.786. The summed E-state index contributed by atoms with van der Waals surface area (Å²) < 4.78 is 0. The van der Waals surface area contributed by atoms with E-state index in [2.05, 4.69) is 5.32 Å². The third-order valence-corrected chi connectivity index (χ3v) is 3.95. The molecular weight excluding hydrogens is 262 g/mol. The van der Waals surface area contributed by atoms with Crippen LogP contribution in [0.4, 0.5) is 5.69 Å². The molecule has 2 atom stereocenters. The molecule has 0 spiro atoms. The second-order valence-corrected chi connectivity index (χ2v) is 5.64. The highest BCUT2D eigenvalue weighted by Gasteiger charge is 2.26. The molecule has 0 aliphatic rings. The molecule has 0 heterocycles. The maximum absolute atomic E-state index is 12.0. The fourth-order valence-electron chi connectivity index (χ4n) is 1.54. The second kappa shape index (κ2) is 7.19. The Balaban J connectivity index is 2.79. The maximum atomic E-state index is 12.0. The van der Waals surface area contributed by atoms with Gasteiger partial charge in [0, 0.05) is 10.8 Å². The van der Waals surface area contributed by atoms with Crippen LogP contribution in [0.2, 0.25) is 0 Å². The van der Waals surface area contributed by atoms with Gasteiger partial charge in [-0.3, -0.25) is 9.59 Å². The summed E-state index contributed by atoms with van der Waals surface area (Å²) in [7, 11) is 0. The van der Waals surface area contributed by atoms with Crippen molar-refractivity contribution in [3.8, 4) is 0 Å². The van der Waals surface area contributed by atoms with Gasteiger partial charge in [0.1, 0.15) is 0 Å². The third-order valence-electron chi connectivity index (χ3n) is 3.00. The van der Waals surface area contributed by atoms with Gasteiger partial charge in [-0.05, 0) is 17.9 Å². The van der Waals surface area contributed by atoms with Crippen LogP contribution in [-0.4, -0.2) is 22.7 Å². The van der Waals surface area contributed by atoms with Crippen molar-refractivity contribution >= 4 is 29.3 Å². The van der Waals surface area contributed by atoms with E-state index in [4.69, 9.17) is 5.11 Å².